The van der Waals surface area contributed by atoms with Gasteiger partial charge in [0, 0.05) is 24.7 Å². The van der Waals surface area contributed by atoms with Gasteiger partial charge in [-0.1, -0.05) is 14.9 Å². The zero-order chi connectivity index (χ0) is 36.7. The molecule has 5 aliphatic heterocycles. The number of anilines is 2. The van der Waals surface area contributed by atoms with Crippen molar-refractivity contribution in [3.63, 3.8) is 0 Å². The van der Waals surface area contributed by atoms with Gasteiger partial charge in [-0.05, 0) is 39.2 Å². The third kappa shape index (κ3) is 8.39. The average Bonchev–Trinajstić information content (AvgIpc) is 4.00. The molecule has 0 bridgehead atoms. The van der Waals surface area contributed by atoms with Gasteiger partial charge in [0.1, 0.15) is 37.1 Å². The number of fused-ring (bicyclic) bond motifs is 3. The molecule has 4 aromatic heterocycles. The maximum atomic E-state index is 10.4. The number of aliphatic hydroxyl groups is 2. The van der Waals surface area contributed by atoms with Crippen LogP contribution >= 0.6 is 23.5 Å². The first-order valence-electron chi connectivity index (χ1n) is 17.8. The molecule has 4 N–H and O–H groups in total. The molecule has 9 rings (SSSR count). The van der Waals surface area contributed by atoms with Gasteiger partial charge >= 0.3 is 0 Å². The van der Waals surface area contributed by atoms with Crippen LogP contribution in [-0.4, -0.2) is 154 Å². The minimum atomic E-state index is -1.04. The Bertz CT molecular complexity index is 1860. The van der Waals surface area contributed by atoms with E-state index in [2.05, 4.69) is 46.8 Å². The summed E-state index contributed by atoms with van der Waals surface area (Å²) in [6, 6.07) is 0.443. The molecule has 18 nitrogen and oxygen atoms in total. The van der Waals surface area contributed by atoms with Crippen LogP contribution in [0.15, 0.2) is 25.3 Å². The summed E-state index contributed by atoms with van der Waals surface area (Å²) in [7, 11) is 0. The maximum absolute atomic E-state index is 10.4. The van der Waals surface area contributed by atoms with Crippen LogP contribution in [0.5, 0.6) is 0 Å². The summed E-state index contributed by atoms with van der Waals surface area (Å²) in [6.45, 7) is 6.70. The molecule has 0 aliphatic carbocycles. The SMILES string of the molecule is C.C.CSC[C@H]1OC(n2cnc3c(N[C@@H]4CCOC4)ncnc32)[C@@H]2OC(C)(C)O[C@H]12.CSC[C@H]1OC(n2cnc3c(N[C@@H]4CCOC4)ncnc32)[C@H](O)[C@@H]1O. The molecule has 4 aromatic rings. The molecule has 20 heteroatoms. The van der Waals surface area contributed by atoms with Crippen molar-refractivity contribution in [3.8, 4) is 0 Å². The van der Waals surface area contributed by atoms with E-state index in [-0.39, 0.29) is 51.5 Å². The highest BCUT2D eigenvalue weighted by atomic mass is 32.2. The quantitative estimate of drug-likeness (QED) is 0.182. The molecule has 2 unspecified atom stereocenters. The summed E-state index contributed by atoms with van der Waals surface area (Å²) in [5, 5.41) is 27.3. The fourth-order valence-electron chi connectivity index (χ4n) is 7.41. The average molecular weight is 807 g/mol. The number of ether oxygens (including phenoxy) is 6. The second-order valence-corrected chi connectivity index (χ2v) is 15.9. The van der Waals surface area contributed by atoms with E-state index in [9.17, 15) is 10.2 Å². The fraction of sp³-hybridized carbons (Fsp3) is 0.714. The first kappa shape index (κ1) is 41.7. The Morgan fingerprint density at radius 3 is 1.75 bits per heavy atom. The Hall–Kier alpha value is -2.92. The van der Waals surface area contributed by atoms with Crippen LogP contribution in [0.1, 0.15) is 54.0 Å². The molecule has 55 heavy (non-hydrogen) atoms. The third-order valence-corrected chi connectivity index (χ3v) is 11.3. The fourth-order valence-corrected chi connectivity index (χ4v) is 8.61. The molecule has 0 radical (unpaired) electrons. The number of thioether (sulfide) groups is 2. The molecule has 5 saturated heterocycles. The van der Waals surface area contributed by atoms with E-state index in [1.165, 1.54) is 6.33 Å². The van der Waals surface area contributed by atoms with Gasteiger partial charge in [-0.25, -0.2) is 29.9 Å². The van der Waals surface area contributed by atoms with Gasteiger partial charge in [0.2, 0.25) is 0 Å². The Kier molecular flexibility index (Phi) is 13.4. The lowest BCUT2D eigenvalue weighted by molar-refractivity contribution is -0.193. The standard InChI is InChI=1S/C18H25N5O4S.C15H21N5O4S.2CH4/c1-18(2)26-13-11(7-28-3)25-17(14(13)27-18)23-9-21-12-15(19-8-20-16(12)23)22-10-4-5-24-6-10;1-25-5-9-11(21)12(22)15(24-9)20-7-18-10-13(16-6-17-14(10)20)19-8-2-3-23-4-8;;/h8-11,13-14,17H,4-7H2,1-3H3,(H,19,20,22);6-9,11-12,15,21-22H,2-5H2,1H3,(H,16,17,19);2*1H4/t10-,11-,13-,14-,17?;8-,9-,11-,12-,15?;;/m11../s1. The van der Waals surface area contributed by atoms with Crippen LogP contribution in [0, 0.1) is 0 Å². The van der Waals surface area contributed by atoms with Crippen molar-refractivity contribution in [2.24, 2.45) is 0 Å². The second kappa shape index (κ2) is 17.7. The predicted octanol–water partition coefficient (Wildman–Crippen LogP) is 3.09. The number of aromatic nitrogens is 8. The Balaban J connectivity index is 0.000000182. The highest BCUT2D eigenvalue weighted by Gasteiger charge is 2.56. The monoisotopic (exact) mass is 806 g/mol. The smallest absolute Gasteiger partial charge is 0.167 e. The zero-order valence-electron chi connectivity index (χ0n) is 30.0. The normalized spacial score (nSPS) is 32.2. The van der Waals surface area contributed by atoms with E-state index < -0.39 is 30.3 Å². The molecule has 0 spiro atoms. The van der Waals surface area contributed by atoms with Gasteiger partial charge in [-0.15, -0.1) is 0 Å². The summed E-state index contributed by atoms with van der Waals surface area (Å²) in [5.74, 6) is 2.17. The summed E-state index contributed by atoms with van der Waals surface area (Å²) in [5.41, 5.74) is 2.60. The van der Waals surface area contributed by atoms with Crippen LogP contribution in [-0.2, 0) is 28.4 Å². The van der Waals surface area contributed by atoms with Gasteiger partial charge in [0.15, 0.2) is 52.2 Å². The number of aliphatic hydroxyl groups excluding tert-OH is 2. The first-order valence-corrected chi connectivity index (χ1v) is 20.6. The lowest BCUT2D eigenvalue weighted by Gasteiger charge is -2.24. The Labute approximate surface area is 329 Å². The van der Waals surface area contributed by atoms with Gasteiger partial charge < -0.3 is 49.3 Å². The van der Waals surface area contributed by atoms with Crippen LogP contribution in [0.3, 0.4) is 0 Å². The highest BCUT2D eigenvalue weighted by molar-refractivity contribution is 7.98. The van der Waals surface area contributed by atoms with Gasteiger partial charge in [0.05, 0.1) is 50.2 Å². The lowest BCUT2D eigenvalue weighted by atomic mass is 10.1. The van der Waals surface area contributed by atoms with E-state index in [0.29, 0.717) is 35.9 Å². The first-order chi connectivity index (χ1) is 25.7. The van der Waals surface area contributed by atoms with E-state index >= 15 is 0 Å². The number of imidazole rings is 2. The van der Waals surface area contributed by atoms with E-state index in [1.54, 1.807) is 47.1 Å². The summed E-state index contributed by atoms with van der Waals surface area (Å²) >= 11 is 3.30. The van der Waals surface area contributed by atoms with E-state index in [1.807, 2.05) is 24.7 Å². The van der Waals surface area contributed by atoms with E-state index in [0.717, 1.165) is 48.8 Å². The van der Waals surface area contributed by atoms with Gasteiger partial charge in [-0.2, -0.15) is 23.5 Å². The molecule has 0 aromatic carbocycles. The molecular weight excluding hydrogens is 753 g/mol. The number of nitrogens with zero attached hydrogens (tertiary/aromatic N) is 8. The minimum Gasteiger partial charge on any atom is -0.387 e. The van der Waals surface area contributed by atoms with Crippen molar-refractivity contribution in [2.45, 2.75) is 108 Å². The van der Waals surface area contributed by atoms with Crippen molar-refractivity contribution in [1.82, 2.24) is 39.0 Å². The van der Waals surface area contributed by atoms with Crippen LogP contribution in [0.2, 0.25) is 0 Å². The second-order valence-electron chi connectivity index (χ2n) is 14.1. The molecular formula is C35H54N10O8S2. The molecule has 0 saturated carbocycles. The van der Waals surface area contributed by atoms with Crippen molar-refractivity contribution in [3.05, 3.63) is 25.3 Å². The number of hydrogen-bond acceptors (Lipinski definition) is 18. The highest BCUT2D eigenvalue weighted by Crippen LogP contribution is 2.44. The number of hydrogen-bond donors (Lipinski definition) is 4. The molecule has 0 amide bonds. The summed E-state index contributed by atoms with van der Waals surface area (Å²) in [4.78, 5) is 26.4. The molecule has 304 valence electrons. The van der Waals surface area contributed by atoms with Crippen molar-refractivity contribution in [1.29, 1.82) is 0 Å². The summed E-state index contributed by atoms with van der Waals surface area (Å²) in [6.07, 6.45) is 8.37. The van der Waals surface area contributed by atoms with Crippen LogP contribution in [0.4, 0.5) is 11.6 Å². The molecule has 5 aliphatic rings. The summed E-state index contributed by atoms with van der Waals surface area (Å²) < 4.78 is 38.9. The molecule has 10 atom stereocenters. The van der Waals surface area contributed by atoms with Crippen LogP contribution in [0.25, 0.3) is 22.3 Å². The van der Waals surface area contributed by atoms with Crippen molar-refractivity contribution >= 4 is 57.5 Å². The van der Waals surface area contributed by atoms with E-state index in [4.69, 9.17) is 28.4 Å². The maximum Gasteiger partial charge on any atom is 0.167 e. The number of nitrogens with one attached hydrogen (secondary N) is 2. The van der Waals surface area contributed by atoms with Crippen molar-refractivity contribution < 1.29 is 38.6 Å². The lowest BCUT2D eigenvalue weighted by Crippen LogP contribution is -2.32. The predicted molar refractivity (Wildman–Crippen MR) is 210 cm³/mol. The largest absolute Gasteiger partial charge is 0.387 e. The minimum absolute atomic E-state index is 0. The third-order valence-electron chi connectivity index (χ3n) is 9.93. The van der Waals surface area contributed by atoms with Crippen molar-refractivity contribution in [2.75, 3.05) is 61.1 Å². The zero-order valence-corrected chi connectivity index (χ0v) is 31.6. The molecule has 9 heterocycles. The topological polar surface area (TPSA) is 207 Å². The van der Waals surface area contributed by atoms with Gasteiger partial charge in [0.25, 0.3) is 0 Å². The Morgan fingerprint density at radius 2 is 1.22 bits per heavy atom. The number of rotatable bonds is 10. The van der Waals surface area contributed by atoms with Crippen LogP contribution < -0.4 is 10.6 Å². The molecule has 5 fully saturated rings. The van der Waals surface area contributed by atoms with Gasteiger partial charge in [-0.3, -0.25) is 9.13 Å². The Morgan fingerprint density at radius 1 is 0.709 bits per heavy atom.